The molecule has 1 aromatic carbocycles. The third kappa shape index (κ3) is 1.80. The summed E-state index contributed by atoms with van der Waals surface area (Å²) in [5, 5.41) is 1.10. The summed E-state index contributed by atoms with van der Waals surface area (Å²) in [6, 6.07) is 9.53. The smallest absolute Gasteiger partial charge is 0.168 e. The lowest BCUT2D eigenvalue weighted by Gasteiger charge is -2.07. The van der Waals surface area contributed by atoms with E-state index < -0.39 is 0 Å². The fourth-order valence-electron chi connectivity index (χ4n) is 1.70. The third-order valence-electron chi connectivity index (χ3n) is 2.57. The van der Waals surface area contributed by atoms with Gasteiger partial charge in [0.15, 0.2) is 5.75 Å². The van der Waals surface area contributed by atoms with Crippen molar-refractivity contribution >= 4 is 16.6 Å². The van der Waals surface area contributed by atoms with Gasteiger partial charge >= 0.3 is 0 Å². The van der Waals surface area contributed by atoms with E-state index in [1.165, 1.54) is 0 Å². The molecular formula is C13H11N3O. The van der Waals surface area contributed by atoms with Gasteiger partial charge in [0.25, 0.3) is 0 Å². The minimum atomic E-state index is 0.572. The van der Waals surface area contributed by atoms with Crippen molar-refractivity contribution in [1.82, 2.24) is 9.97 Å². The van der Waals surface area contributed by atoms with E-state index in [0.29, 0.717) is 11.4 Å². The molecule has 0 atom stereocenters. The molecule has 0 saturated heterocycles. The number of aromatic nitrogens is 2. The number of ether oxygens (including phenoxy) is 1. The van der Waals surface area contributed by atoms with E-state index in [2.05, 4.69) is 9.97 Å². The maximum Gasteiger partial charge on any atom is 0.168 e. The second kappa shape index (κ2) is 3.83. The van der Waals surface area contributed by atoms with Crippen molar-refractivity contribution in [3.8, 4) is 11.5 Å². The lowest BCUT2D eigenvalue weighted by atomic mass is 10.2. The van der Waals surface area contributed by atoms with Gasteiger partial charge in [-0.25, -0.2) is 0 Å². The molecule has 0 bridgehead atoms. The maximum absolute atomic E-state index is 5.79. The monoisotopic (exact) mass is 225 g/mol. The van der Waals surface area contributed by atoms with Crippen molar-refractivity contribution in [2.45, 2.75) is 0 Å². The van der Waals surface area contributed by atoms with Gasteiger partial charge in [0, 0.05) is 23.3 Å². The largest absolute Gasteiger partial charge is 0.454 e. The molecule has 0 fully saturated rings. The summed E-state index contributed by atoms with van der Waals surface area (Å²) in [7, 11) is 0. The number of pyridine rings is 1. The first-order valence-electron chi connectivity index (χ1n) is 5.27. The SMILES string of the molecule is Nc1ccncc1Oc1ccc2[nH]ccc2c1. The van der Waals surface area contributed by atoms with Crippen LogP contribution in [0.1, 0.15) is 0 Å². The summed E-state index contributed by atoms with van der Waals surface area (Å²) in [6.07, 6.45) is 5.14. The number of hydrogen-bond donors (Lipinski definition) is 2. The number of anilines is 1. The number of fused-ring (bicyclic) bond motifs is 1. The number of hydrogen-bond acceptors (Lipinski definition) is 3. The average molecular weight is 225 g/mol. The molecular weight excluding hydrogens is 214 g/mol. The number of H-pyrrole nitrogens is 1. The van der Waals surface area contributed by atoms with Crippen LogP contribution in [0.5, 0.6) is 11.5 Å². The molecule has 3 rings (SSSR count). The van der Waals surface area contributed by atoms with Crippen LogP contribution in [0, 0.1) is 0 Å². The van der Waals surface area contributed by atoms with E-state index in [4.69, 9.17) is 10.5 Å². The number of rotatable bonds is 2. The van der Waals surface area contributed by atoms with E-state index in [1.807, 2.05) is 30.5 Å². The normalized spacial score (nSPS) is 10.6. The van der Waals surface area contributed by atoms with E-state index in [-0.39, 0.29) is 0 Å². The van der Waals surface area contributed by atoms with Gasteiger partial charge in [-0.15, -0.1) is 0 Å². The van der Waals surface area contributed by atoms with Crippen LogP contribution >= 0.6 is 0 Å². The van der Waals surface area contributed by atoms with E-state index in [1.54, 1.807) is 18.5 Å². The van der Waals surface area contributed by atoms with Gasteiger partial charge in [-0.05, 0) is 30.3 Å². The Bertz CT molecular complexity index is 660. The molecule has 0 spiro atoms. The van der Waals surface area contributed by atoms with Crippen LogP contribution in [0.3, 0.4) is 0 Å². The van der Waals surface area contributed by atoms with Crippen molar-refractivity contribution in [3.05, 3.63) is 48.9 Å². The molecule has 0 aliphatic carbocycles. The highest BCUT2D eigenvalue weighted by molar-refractivity contribution is 5.80. The lowest BCUT2D eigenvalue weighted by Crippen LogP contribution is -1.92. The van der Waals surface area contributed by atoms with Crippen LogP contribution in [0.25, 0.3) is 10.9 Å². The van der Waals surface area contributed by atoms with Gasteiger partial charge in [0.2, 0.25) is 0 Å². The topological polar surface area (TPSA) is 63.9 Å². The molecule has 0 amide bonds. The van der Waals surface area contributed by atoms with Gasteiger partial charge in [-0.3, -0.25) is 4.98 Å². The average Bonchev–Trinajstić information content (AvgIpc) is 2.79. The van der Waals surface area contributed by atoms with Crippen LogP contribution in [-0.2, 0) is 0 Å². The first-order chi connectivity index (χ1) is 8.33. The molecule has 3 aromatic rings. The predicted octanol–water partition coefficient (Wildman–Crippen LogP) is 2.94. The van der Waals surface area contributed by atoms with Crippen molar-refractivity contribution in [1.29, 1.82) is 0 Å². The minimum absolute atomic E-state index is 0.572. The Hall–Kier alpha value is -2.49. The molecule has 84 valence electrons. The summed E-state index contributed by atoms with van der Waals surface area (Å²) in [5.74, 6) is 1.32. The Kier molecular flexibility index (Phi) is 2.19. The second-order valence-corrected chi connectivity index (χ2v) is 3.74. The number of nitrogens with zero attached hydrogens (tertiary/aromatic N) is 1. The highest BCUT2D eigenvalue weighted by Crippen LogP contribution is 2.28. The number of nitrogens with two attached hydrogens (primary N) is 1. The first kappa shape index (κ1) is 9.72. The van der Waals surface area contributed by atoms with Gasteiger partial charge in [0.1, 0.15) is 5.75 Å². The molecule has 2 aromatic heterocycles. The fraction of sp³-hybridized carbons (Fsp3) is 0. The van der Waals surface area contributed by atoms with Gasteiger partial charge in [-0.1, -0.05) is 0 Å². The maximum atomic E-state index is 5.79. The Labute approximate surface area is 98.1 Å². The van der Waals surface area contributed by atoms with Crippen LogP contribution in [0.4, 0.5) is 5.69 Å². The Morgan fingerprint density at radius 1 is 1.18 bits per heavy atom. The summed E-state index contributed by atoms with van der Waals surface area (Å²) in [5.41, 5.74) is 7.45. The lowest BCUT2D eigenvalue weighted by molar-refractivity contribution is 0.483. The van der Waals surface area contributed by atoms with Crippen LogP contribution in [-0.4, -0.2) is 9.97 Å². The van der Waals surface area contributed by atoms with Crippen molar-refractivity contribution in [2.75, 3.05) is 5.73 Å². The van der Waals surface area contributed by atoms with Gasteiger partial charge in [0.05, 0.1) is 11.9 Å². The summed E-state index contributed by atoms with van der Waals surface area (Å²) < 4.78 is 5.69. The zero-order valence-corrected chi connectivity index (χ0v) is 9.05. The summed E-state index contributed by atoms with van der Waals surface area (Å²) >= 11 is 0. The Balaban J connectivity index is 1.97. The second-order valence-electron chi connectivity index (χ2n) is 3.74. The standard InChI is InChI=1S/C13H11N3O/c14-11-4-5-15-8-13(11)17-10-1-2-12-9(7-10)3-6-16-12/h1-8,16H,(H2,14,15). The van der Waals surface area contributed by atoms with Crippen molar-refractivity contribution in [2.24, 2.45) is 0 Å². The van der Waals surface area contributed by atoms with E-state index in [0.717, 1.165) is 16.7 Å². The molecule has 2 heterocycles. The highest BCUT2D eigenvalue weighted by atomic mass is 16.5. The molecule has 0 aliphatic heterocycles. The molecule has 17 heavy (non-hydrogen) atoms. The fourth-order valence-corrected chi connectivity index (χ4v) is 1.70. The molecule has 4 nitrogen and oxygen atoms in total. The van der Waals surface area contributed by atoms with Gasteiger partial charge in [-0.2, -0.15) is 0 Å². The Morgan fingerprint density at radius 3 is 3.00 bits per heavy atom. The molecule has 0 saturated carbocycles. The van der Waals surface area contributed by atoms with E-state index in [9.17, 15) is 0 Å². The van der Waals surface area contributed by atoms with Crippen molar-refractivity contribution < 1.29 is 4.74 Å². The molecule has 0 unspecified atom stereocenters. The molecule has 0 aliphatic rings. The number of aromatic amines is 1. The molecule has 0 radical (unpaired) electrons. The minimum Gasteiger partial charge on any atom is -0.454 e. The Morgan fingerprint density at radius 2 is 2.12 bits per heavy atom. The third-order valence-corrected chi connectivity index (χ3v) is 2.57. The quantitative estimate of drug-likeness (QED) is 0.704. The highest BCUT2D eigenvalue weighted by Gasteiger charge is 2.03. The van der Waals surface area contributed by atoms with Gasteiger partial charge < -0.3 is 15.5 Å². The van der Waals surface area contributed by atoms with Crippen molar-refractivity contribution in [3.63, 3.8) is 0 Å². The number of nitrogens with one attached hydrogen (secondary N) is 1. The summed E-state index contributed by atoms with van der Waals surface area (Å²) in [6.45, 7) is 0. The van der Waals surface area contributed by atoms with Crippen LogP contribution < -0.4 is 10.5 Å². The molecule has 4 heteroatoms. The number of benzene rings is 1. The summed E-state index contributed by atoms with van der Waals surface area (Å²) in [4.78, 5) is 7.11. The van der Waals surface area contributed by atoms with E-state index >= 15 is 0 Å². The van der Waals surface area contributed by atoms with Crippen LogP contribution in [0.2, 0.25) is 0 Å². The predicted molar refractivity (Wildman–Crippen MR) is 67.0 cm³/mol. The zero-order chi connectivity index (χ0) is 11.7. The molecule has 3 N–H and O–H groups in total. The first-order valence-corrected chi connectivity index (χ1v) is 5.27. The number of nitrogen functional groups attached to an aromatic ring is 1. The van der Waals surface area contributed by atoms with Crippen LogP contribution in [0.15, 0.2) is 48.9 Å². The zero-order valence-electron chi connectivity index (χ0n) is 9.05.